The lowest BCUT2D eigenvalue weighted by Crippen LogP contribution is -2.46. The first kappa shape index (κ1) is 18.4. The molecule has 2 aromatic heterocycles. The van der Waals surface area contributed by atoms with E-state index in [1.807, 2.05) is 29.2 Å². The number of alkyl halides is 3. The van der Waals surface area contributed by atoms with Crippen LogP contribution in [0.5, 0.6) is 0 Å². The van der Waals surface area contributed by atoms with E-state index in [4.69, 9.17) is 5.73 Å². The summed E-state index contributed by atoms with van der Waals surface area (Å²) in [6.45, 7) is 3.05. The molecule has 146 valence electrons. The van der Waals surface area contributed by atoms with E-state index in [0.29, 0.717) is 50.2 Å². The van der Waals surface area contributed by atoms with Crippen molar-refractivity contribution < 1.29 is 13.2 Å². The summed E-state index contributed by atoms with van der Waals surface area (Å²) in [7, 11) is 0. The normalized spacial score (nSPS) is 15.9. The lowest BCUT2D eigenvalue weighted by atomic mass is 10.2. The van der Waals surface area contributed by atoms with Gasteiger partial charge in [0, 0.05) is 31.6 Å². The van der Waals surface area contributed by atoms with Gasteiger partial charge in [-0.1, -0.05) is 18.2 Å². The van der Waals surface area contributed by atoms with Crippen LogP contribution < -0.4 is 10.6 Å². The number of piperazine rings is 1. The Kier molecular flexibility index (Phi) is 4.76. The number of aromatic nitrogens is 3. The Labute approximate surface area is 159 Å². The van der Waals surface area contributed by atoms with Gasteiger partial charge >= 0.3 is 6.18 Å². The van der Waals surface area contributed by atoms with Crippen LogP contribution in [0.25, 0.3) is 10.9 Å². The number of fused-ring (bicyclic) bond motifs is 1. The van der Waals surface area contributed by atoms with Crippen LogP contribution in [0.4, 0.5) is 24.8 Å². The Morgan fingerprint density at radius 1 is 0.893 bits per heavy atom. The number of benzene rings is 1. The highest BCUT2D eigenvalue weighted by Gasteiger charge is 2.33. The quantitative estimate of drug-likeness (QED) is 0.744. The number of para-hydroxylation sites is 1. The van der Waals surface area contributed by atoms with E-state index < -0.39 is 11.9 Å². The molecule has 3 aromatic rings. The molecule has 0 radical (unpaired) electrons. The topological polar surface area (TPSA) is 71.2 Å². The molecular weight excluding hydrogens is 369 g/mol. The first-order valence-electron chi connectivity index (χ1n) is 8.93. The van der Waals surface area contributed by atoms with Crippen LogP contribution in [0.15, 0.2) is 42.5 Å². The Balaban J connectivity index is 1.42. The number of hydrogen-bond acceptors (Lipinski definition) is 6. The second-order valence-electron chi connectivity index (χ2n) is 6.68. The predicted octanol–water partition coefficient (Wildman–Crippen LogP) is 2.95. The van der Waals surface area contributed by atoms with Crippen LogP contribution in [0, 0.1) is 0 Å². The van der Waals surface area contributed by atoms with Crippen LogP contribution >= 0.6 is 0 Å². The average molecular weight is 388 g/mol. The Hall–Kier alpha value is -2.94. The molecule has 1 aromatic carbocycles. The van der Waals surface area contributed by atoms with E-state index in [-0.39, 0.29) is 0 Å². The molecule has 3 heterocycles. The van der Waals surface area contributed by atoms with Crippen LogP contribution in [-0.2, 0) is 12.7 Å². The molecule has 1 saturated heterocycles. The number of pyridine rings is 1. The van der Waals surface area contributed by atoms with Crippen molar-refractivity contribution in [3.05, 3.63) is 54.0 Å². The summed E-state index contributed by atoms with van der Waals surface area (Å²) in [5.74, 6) is 1.44. The zero-order valence-corrected chi connectivity index (χ0v) is 15.0. The maximum atomic E-state index is 12.9. The van der Waals surface area contributed by atoms with E-state index in [2.05, 4.69) is 19.9 Å². The van der Waals surface area contributed by atoms with Gasteiger partial charge in [0.15, 0.2) is 0 Å². The molecule has 0 bridgehead atoms. The fourth-order valence-electron chi connectivity index (χ4n) is 3.31. The van der Waals surface area contributed by atoms with Gasteiger partial charge in [-0.15, -0.1) is 0 Å². The Morgan fingerprint density at radius 3 is 2.39 bits per heavy atom. The molecule has 1 aliphatic rings. The highest BCUT2D eigenvalue weighted by Crippen LogP contribution is 2.29. The minimum atomic E-state index is -4.44. The van der Waals surface area contributed by atoms with Gasteiger partial charge in [-0.3, -0.25) is 4.90 Å². The van der Waals surface area contributed by atoms with Gasteiger partial charge in [0.1, 0.15) is 23.2 Å². The van der Waals surface area contributed by atoms with Crippen LogP contribution in [-0.4, -0.2) is 46.0 Å². The molecule has 28 heavy (non-hydrogen) atoms. The monoisotopic (exact) mass is 388 g/mol. The first-order chi connectivity index (χ1) is 13.4. The third kappa shape index (κ3) is 3.84. The van der Waals surface area contributed by atoms with Crippen LogP contribution in [0.1, 0.15) is 11.5 Å². The van der Waals surface area contributed by atoms with Gasteiger partial charge in [0.05, 0.1) is 12.1 Å². The summed E-state index contributed by atoms with van der Waals surface area (Å²) < 4.78 is 38.6. The standard InChI is InChI=1S/C19H19F3N6/c20-19(21,22)15-6-3-7-17(25-15)28-10-8-27(9-11-28)12-16-24-14-5-2-1-4-13(14)18(23)26-16/h1-7H,8-12H2,(H2,23,24,26). The molecule has 0 atom stereocenters. The Bertz CT molecular complexity index is 983. The number of nitrogens with zero attached hydrogens (tertiary/aromatic N) is 5. The van der Waals surface area contributed by atoms with Crippen molar-refractivity contribution in [3.8, 4) is 0 Å². The second-order valence-corrected chi connectivity index (χ2v) is 6.68. The molecule has 1 aliphatic heterocycles. The van der Waals surface area contributed by atoms with Gasteiger partial charge in [0.2, 0.25) is 0 Å². The maximum Gasteiger partial charge on any atom is 0.433 e. The van der Waals surface area contributed by atoms with Gasteiger partial charge in [-0.05, 0) is 24.3 Å². The van der Waals surface area contributed by atoms with E-state index in [0.717, 1.165) is 17.0 Å². The smallest absolute Gasteiger partial charge is 0.383 e. The zero-order chi connectivity index (χ0) is 19.7. The van der Waals surface area contributed by atoms with Crippen LogP contribution in [0.3, 0.4) is 0 Å². The molecule has 0 aliphatic carbocycles. The molecule has 6 nitrogen and oxygen atoms in total. The van der Waals surface area contributed by atoms with Crippen molar-refractivity contribution in [1.29, 1.82) is 0 Å². The maximum absolute atomic E-state index is 12.9. The van der Waals surface area contributed by atoms with E-state index in [9.17, 15) is 13.2 Å². The fourth-order valence-corrected chi connectivity index (χ4v) is 3.31. The fraction of sp³-hybridized carbons (Fsp3) is 0.316. The summed E-state index contributed by atoms with van der Waals surface area (Å²) in [6, 6.07) is 11.6. The molecule has 4 rings (SSSR count). The van der Waals surface area contributed by atoms with Crippen molar-refractivity contribution in [2.24, 2.45) is 0 Å². The number of anilines is 2. The van der Waals surface area contributed by atoms with Gasteiger partial charge in [0.25, 0.3) is 0 Å². The summed E-state index contributed by atoms with van der Waals surface area (Å²) in [5, 5.41) is 0.826. The van der Waals surface area contributed by atoms with Crippen LogP contribution in [0.2, 0.25) is 0 Å². The lowest BCUT2D eigenvalue weighted by molar-refractivity contribution is -0.141. The molecule has 0 saturated carbocycles. The van der Waals surface area contributed by atoms with E-state index in [1.54, 1.807) is 6.07 Å². The molecule has 0 spiro atoms. The molecule has 0 amide bonds. The molecule has 9 heteroatoms. The molecule has 2 N–H and O–H groups in total. The minimum absolute atomic E-state index is 0.348. The highest BCUT2D eigenvalue weighted by atomic mass is 19.4. The van der Waals surface area contributed by atoms with Gasteiger partial charge in [-0.25, -0.2) is 15.0 Å². The van der Waals surface area contributed by atoms with Gasteiger partial charge < -0.3 is 10.6 Å². The zero-order valence-electron chi connectivity index (χ0n) is 15.0. The van der Waals surface area contributed by atoms with Crippen molar-refractivity contribution in [2.45, 2.75) is 12.7 Å². The number of rotatable bonds is 3. The minimum Gasteiger partial charge on any atom is -0.383 e. The molecule has 0 unspecified atom stereocenters. The van der Waals surface area contributed by atoms with E-state index in [1.165, 1.54) is 6.07 Å². The number of nitrogens with two attached hydrogens (primary N) is 1. The van der Waals surface area contributed by atoms with Crippen molar-refractivity contribution in [2.75, 3.05) is 36.8 Å². The number of hydrogen-bond donors (Lipinski definition) is 1. The number of nitrogen functional groups attached to an aromatic ring is 1. The SMILES string of the molecule is Nc1nc(CN2CCN(c3cccc(C(F)(F)F)n3)CC2)nc2ccccc12. The largest absolute Gasteiger partial charge is 0.433 e. The van der Waals surface area contributed by atoms with Crippen molar-refractivity contribution in [1.82, 2.24) is 19.9 Å². The van der Waals surface area contributed by atoms with Crippen molar-refractivity contribution in [3.63, 3.8) is 0 Å². The van der Waals surface area contributed by atoms with Gasteiger partial charge in [-0.2, -0.15) is 13.2 Å². The summed E-state index contributed by atoms with van der Waals surface area (Å²) in [6.07, 6.45) is -4.44. The molecule has 1 fully saturated rings. The summed E-state index contributed by atoms with van der Waals surface area (Å²) in [4.78, 5) is 16.7. The Morgan fingerprint density at radius 2 is 1.64 bits per heavy atom. The third-order valence-corrected chi connectivity index (χ3v) is 4.77. The van der Waals surface area contributed by atoms with Crippen molar-refractivity contribution >= 4 is 22.5 Å². The summed E-state index contributed by atoms with van der Waals surface area (Å²) >= 11 is 0. The average Bonchev–Trinajstić information content (AvgIpc) is 2.68. The first-order valence-corrected chi connectivity index (χ1v) is 8.93. The molecular formula is C19H19F3N6. The number of halogens is 3. The van der Waals surface area contributed by atoms with E-state index >= 15 is 0 Å². The highest BCUT2D eigenvalue weighted by molar-refractivity contribution is 5.87. The third-order valence-electron chi connectivity index (χ3n) is 4.77. The predicted molar refractivity (Wildman–Crippen MR) is 101 cm³/mol. The summed E-state index contributed by atoms with van der Waals surface area (Å²) in [5.41, 5.74) is 5.97. The second kappa shape index (κ2) is 7.23. The lowest BCUT2D eigenvalue weighted by Gasteiger charge is -2.35.